The van der Waals surface area contributed by atoms with E-state index in [9.17, 15) is 0 Å². The van der Waals surface area contributed by atoms with Gasteiger partial charge in [-0.15, -0.1) is 0 Å². The Morgan fingerprint density at radius 1 is 0.306 bits per heavy atom. The summed E-state index contributed by atoms with van der Waals surface area (Å²) in [4.78, 5) is 5.24. The Hall–Kier alpha value is -8.20. The van der Waals surface area contributed by atoms with Crippen molar-refractivity contribution in [1.82, 2.24) is 0 Å². The molecule has 0 radical (unpaired) electrons. The van der Waals surface area contributed by atoms with Crippen molar-refractivity contribution in [1.29, 1.82) is 0 Å². The number of para-hydroxylation sites is 2. The summed E-state index contributed by atoms with van der Waals surface area (Å²) >= 11 is 0. The topological polar surface area (TPSA) is 6.48 Å². The van der Waals surface area contributed by atoms with Crippen LogP contribution in [-0.2, 0) is 10.8 Å². The zero-order valence-electron chi connectivity index (χ0n) is 41.1. The van der Waals surface area contributed by atoms with Crippen molar-refractivity contribution in [2.45, 2.75) is 62.4 Å². The molecule has 0 amide bonds. The first-order valence-corrected chi connectivity index (χ1v) is 25.9. The van der Waals surface area contributed by atoms with Gasteiger partial charge in [-0.2, -0.15) is 0 Å². The molecule has 12 aromatic rings. The normalized spacial score (nSPS) is 22.5. The predicted molar refractivity (Wildman–Crippen MR) is 305 cm³/mol. The lowest BCUT2D eigenvalue weighted by atomic mass is 9.80. The Labute approximate surface area is 420 Å². The van der Waals surface area contributed by atoms with E-state index in [1.54, 1.807) is 0 Å². The summed E-state index contributed by atoms with van der Waals surface area (Å²) in [5.74, 6) is 0. The molecule has 0 N–H and O–H groups in total. The molecule has 2 saturated carbocycles. The van der Waals surface area contributed by atoms with E-state index < -0.39 is 0 Å². The third-order valence-electron chi connectivity index (χ3n) is 18.9. The van der Waals surface area contributed by atoms with Crippen LogP contribution in [-0.4, -0.2) is 11.1 Å². The zero-order valence-corrected chi connectivity index (χ0v) is 41.1. The fourth-order valence-electron chi connectivity index (χ4n) is 14.8. The van der Waals surface area contributed by atoms with Crippen molar-refractivity contribution < 1.29 is 0 Å². The summed E-state index contributed by atoms with van der Waals surface area (Å²) in [6.07, 6.45) is 2.27. The van der Waals surface area contributed by atoms with Crippen LogP contribution in [0.5, 0.6) is 0 Å². The molecule has 4 aliphatic rings. The van der Waals surface area contributed by atoms with Crippen LogP contribution in [0, 0.1) is 0 Å². The first-order chi connectivity index (χ1) is 35.2. The standard InChI is InChI=1S/C70H52N2/c1-67-41-69(67,3)71(47-21-7-5-8-22-47)63-35-29-45(37-61(63)67)57-39-59(51-27-15-19-43-17-11-13-25-49(43)51)55-34-32-54-58(46-30-36-64-62(38-46)68(2)42-70(68,4)72(64)48-23-9-6-10-24-48)40-60(56-33-31-53(57)65(55)66(54)56)52-28-16-20-44-18-12-14-26-50(44)52/h5-40H,41-42H2,1-4H3/t67-,68?,69?,70?/m1/s1. The zero-order chi connectivity index (χ0) is 47.9. The van der Waals surface area contributed by atoms with Crippen molar-refractivity contribution in [2.75, 3.05) is 9.80 Å². The van der Waals surface area contributed by atoms with E-state index in [1.165, 1.54) is 132 Å². The minimum atomic E-state index is 0.0352. The number of nitrogens with zero attached hydrogens (tertiary/aromatic N) is 2. The molecule has 16 rings (SSSR count). The van der Waals surface area contributed by atoms with E-state index in [0.717, 1.165) is 12.8 Å². The highest BCUT2D eigenvalue weighted by molar-refractivity contribution is 6.33. The van der Waals surface area contributed by atoms with Gasteiger partial charge in [0.25, 0.3) is 0 Å². The van der Waals surface area contributed by atoms with Crippen LogP contribution in [0.2, 0.25) is 0 Å². The quantitative estimate of drug-likeness (QED) is 0.153. The van der Waals surface area contributed by atoms with Crippen LogP contribution in [0.1, 0.15) is 51.7 Å². The Balaban J connectivity index is 1.00. The molecule has 2 heterocycles. The molecule has 0 spiro atoms. The Morgan fingerprint density at radius 3 is 1.11 bits per heavy atom. The highest BCUT2D eigenvalue weighted by Crippen LogP contribution is 2.72. The first-order valence-electron chi connectivity index (χ1n) is 25.9. The Morgan fingerprint density at radius 2 is 0.681 bits per heavy atom. The lowest BCUT2D eigenvalue weighted by molar-refractivity contribution is 0.639. The number of fused-ring (bicyclic) bond motifs is 8. The summed E-state index contributed by atoms with van der Waals surface area (Å²) in [6.45, 7) is 9.90. The SMILES string of the molecule is CC12CC1(C)N(c1ccccc1)c1ccc(-c3cc(-c4cccc5ccccc45)c4ccc5c(-c6ccc7c(c6)[C@@]6(C)CC6(C)N7c6ccccc6)cc(-c6cccc7ccccc67)c6ccc3c4c56)cc12. The van der Waals surface area contributed by atoms with Crippen molar-refractivity contribution in [3.05, 3.63) is 230 Å². The molecule has 0 bridgehead atoms. The number of hydrogen-bond donors (Lipinski definition) is 0. The number of anilines is 4. The van der Waals surface area contributed by atoms with Crippen LogP contribution in [0.4, 0.5) is 22.7 Å². The molecule has 12 aromatic carbocycles. The molecule has 2 nitrogen and oxygen atoms in total. The van der Waals surface area contributed by atoms with Gasteiger partial charge in [0.05, 0.1) is 11.1 Å². The van der Waals surface area contributed by atoms with E-state index in [2.05, 4.69) is 256 Å². The van der Waals surface area contributed by atoms with Gasteiger partial charge in [0, 0.05) is 33.6 Å². The highest BCUT2D eigenvalue weighted by Gasteiger charge is 2.71. The Kier molecular flexibility index (Phi) is 7.77. The molecule has 4 atom stereocenters. The lowest BCUT2D eigenvalue weighted by Crippen LogP contribution is -2.30. The summed E-state index contributed by atoms with van der Waals surface area (Å²) in [6, 6.07) is 83.2. The maximum atomic E-state index is 2.62. The largest absolute Gasteiger partial charge is 0.334 e. The number of rotatable bonds is 6. The van der Waals surface area contributed by atoms with Crippen molar-refractivity contribution in [2.24, 2.45) is 0 Å². The maximum Gasteiger partial charge on any atom is 0.0528 e. The second-order valence-corrected chi connectivity index (χ2v) is 22.4. The average Bonchev–Trinajstić information content (AvgIpc) is 4.16. The smallest absolute Gasteiger partial charge is 0.0528 e. The van der Waals surface area contributed by atoms with Crippen LogP contribution in [0.15, 0.2) is 218 Å². The lowest BCUT2D eigenvalue weighted by Gasteiger charge is -2.29. The van der Waals surface area contributed by atoms with Gasteiger partial charge in [-0.25, -0.2) is 0 Å². The second kappa shape index (κ2) is 13.8. The van der Waals surface area contributed by atoms with Crippen molar-refractivity contribution in [3.63, 3.8) is 0 Å². The van der Waals surface area contributed by atoms with Gasteiger partial charge in [0.15, 0.2) is 0 Å². The van der Waals surface area contributed by atoms with Gasteiger partial charge in [-0.1, -0.05) is 172 Å². The van der Waals surface area contributed by atoms with Gasteiger partial charge in [0.2, 0.25) is 0 Å². The van der Waals surface area contributed by atoms with Crippen LogP contribution < -0.4 is 9.80 Å². The minimum absolute atomic E-state index is 0.0352. The van der Waals surface area contributed by atoms with Gasteiger partial charge in [-0.3, -0.25) is 0 Å². The third kappa shape index (κ3) is 5.09. The maximum absolute atomic E-state index is 2.62. The highest BCUT2D eigenvalue weighted by atomic mass is 15.3. The molecule has 2 aliphatic carbocycles. The van der Waals surface area contributed by atoms with Crippen LogP contribution >= 0.6 is 0 Å². The summed E-state index contributed by atoms with van der Waals surface area (Å²) in [5, 5.41) is 12.9. The third-order valence-corrected chi connectivity index (χ3v) is 18.9. The molecular formula is C70H52N2. The molecule has 72 heavy (non-hydrogen) atoms. The molecule has 0 saturated heterocycles. The van der Waals surface area contributed by atoms with E-state index >= 15 is 0 Å². The molecule has 342 valence electrons. The summed E-state index contributed by atoms with van der Waals surface area (Å²) in [7, 11) is 0. The Bertz CT molecular complexity index is 4020. The van der Waals surface area contributed by atoms with Crippen molar-refractivity contribution >= 4 is 76.6 Å². The average molecular weight is 921 g/mol. The van der Waals surface area contributed by atoms with Crippen LogP contribution in [0.25, 0.3) is 98.4 Å². The van der Waals surface area contributed by atoms with E-state index in [0.29, 0.717) is 0 Å². The molecule has 2 fully saturated rings. The van der Waals surface area contributed by atoms with E-state index in [-0.39, 0.29) is 21.9 Å². The fraction of sp³-hybridized carbons (Fsp3) is 0.143. The van der Waals surface area contributed by atoms with Gasteiger partial charge < -0.3 is 9.80 Å². The molecule has 0 aromatic heterocycles. The number of benzene rings is 12. The van der Waals surface area contributed by atoms with Gasteiger partial charge in [-0.05, 0) is 197 Å². The first kappa shape index (κ1) is 40.5. The van der Waals surface area contributed by atoms with Gasteiger partial charge in [0.1, 0.15) is 0 Å². The predicted octanol–water partition coefficient (Wildman–Crippen LogP) is 18.7. The second-order valence-electron chi connectivity index (χ2n) is 22.4. The van der Waals surface area contributed by atoms with Crippen molar-refractivity contribution in [3.8, 4) is 44.5 Å². The molecule has 3 unspecified atom stereocenters. The van der Waals surface area contributed by atoms with Gasteiger partial charge >= 0.3 is 0 Å². The summed E-state index contributed by atoms with van der Waals surface area (Å²) < 4.78 is 0. The van der Waals surface area contributed by atoms with E-state index in [4.69, 9.17) is 0 Å². The minimum Gasteiger partial charge on any atom is -0.334 e. The monoisotopic (exact) mass is 920 g/mol. The summed E-state index contributed by atoms with van der Waals surface area (Å²) in [5.41, 5.74) is 18.5. The molecule has 2 heteroatoms. The number of hydrogen-bond acceptors (Lipinski definition) is 2. The molecule has 2 aliphatic heterocycles. The molecular weight excluding hydrogens is 869 g/mol. The van der Waals surface area contributed by atoms with Crippen LogP contribution in [0.3, 0.4) is 0 Å². The fourth-order valence-corrected chi connectivity index (χ4v) is 14.8. The van der Waals surface area contributed by atoms with E-state index in [1.807, 2.05) is 0 Å².